The minimum absolute atomic E-state index is 0. The number of benzene rings is 2. The number of aryl methyl sites for hydroxylation is 2. The van der Waals surface area contributed by atoms with Crippen LogP contribution in [0.3, 0.4) is 0 Å². The van der Waals surface area contributed by atoms with Gasteiger partial charge in [-0.15, -0.1) is 23.7 Å². The maximum absolute atomic E-state index is 5.47. The Hall–Kier alpha value is -2.83. The number of aromatic nitrogens is 2. The van der Waals surface area contributed by atoms with Gasteiger partial charge in [0.25, 0.3) is 0 Å². The topological polar surface area (TPSA) is 56.3 Å². The molecule has 3 heterocycles. The number of hydrogen-bond donors (Lipinski definition) is 1. The second-order valence-electron chi connectivity index (χ2n) is 6.54. The Morgan fingerprint density at radius 3 is 2.68 bits per heavy atom. The highest BCUT2D eigenvalue weighted by Gasteiger charge is 2.16. The monoisotopic (exact) mass is 411 g/mol. The zero-order chi connectivity index (χ0) is 18.4. The van der Waals surface area contributed by atoms with Crippen molar-refractivity contribution in [1.29, 1.82) is 0 Å². The van der Waals surface area contributed by atoms with E-state index >= 15 is 0 Å². The first-order valence-corrected chi connectivity index (χ1v) is 9.53. The van der Waals surface area contributed by atoms with E-state index in [1.165, 1.54) is 16.7 Å². The average molecular weight is 412 g/mol. The third-order valence-electron chi connectivity index (χ3n) is 4.82. The number of hydrogen-bond acceptors (Lipinski definition) is 6. The summed E-state index contributed by atoms with van der Waals surface area (Å²) < 4.78 is 10.9. The van der Waals surface area contributed by atoms with Crippen LogP contribution in [0.5, 0.6) is 11.5 Å². The number of thiophene rings is 1. The summed E-state index contributed by atoms with van der Waals surface area (Å²) in [6.45, 7) is 4.52. The summed E-state index contributed by atoms with van der Waals surface area (Å²) in [5.74, 6) is 2.29. The molecule has 28 heavy (non-hydrogen) atoms. The van der Waals surface area contributed by atoms with Crippen LogP contribution < -0.4 is 14.8 Å². The molecule has 0 saturated heterocycles. The van der Waals surface area contributed by atoms with Crippen molar-refractivity contribution in [2.24, 2.45) is 0 Å². The van der Waals surface area contributed by atoms with E-state index in [1.807, 2.05) is 18.2 Å². The van der Waals surface area contributed by atoms with Gasteiger partial charge < -0.3 is 14.8 Å². The molecule has 0 amide bonds. The van der Waals surface area contributed by atoms with Gasteiger partial charge in [-0.05, 0) is 42.7 Å². The first-order chi connectivity index (χ1) is 13.2. The van der Waals surface area contributed by atoms with Crippen molar-refractivity contribution in [3.8, 4) is 22.6 Å². The van der Waals surface area contributed by atoms with Crippen molar-refractivity contribution in [2.45, 2.75) is 13.8 Å². The minimum Gasteiger partial charge on any atom is -0.454 e. The highest BCUT2D eigenvalue weighted by atomic mass is 35.5. The molecule has 0 radical (unpaired) electrons. The molecule has 1 N–H and O–H groups in total. The van der Waals surface area contributed by atoms with Crippen LogP contribution in [-0.2, 0) is 0 Å². The van der Waals surface area contributed by atoms with Crippen molar-refractivity contribution in [1.82, 2.24) is 9.97 Å². The molecule has 7 heteroatoms. The Balaban J connectivity index is 0.00000192. The molecule has 2 aromatic heterocycles. The molecule has 0 saturated carbocycles. The van der Waals surface area contributed by atoms with Crippen LogP contribution in [0.1, 0.15) is 11.1 Å². The van der Waals surface area contributed by atoms with Crippen LogP contribution in [0.4, 0.5) is 11.5 Å². The van der Waals surface area contributed by atoms with E-state index in [9.17, 15) is 0 Å². The summed E-state index contributed by atoms with van der Waals surface area (Å²) in [6.07, 6.45) is 1.60. The van der Waals surface area contributed by atoms with Crippen molar-refractivity contribution in [2.75, 3.05) is 12.1 Å². The number of nitrogens with zero attached hydrogens (tertiary/aromatic N) is 2. The highest BCUT2D eigenvalue weighted by molar-refractivity contribution is 7.17. The maximum Gasteiger partial charge on any atom is 0.231 e. The Morgan fingerprint density at radius 2 is 1.82 bits per heavy atom. The van der Waals surface area contributed by atoms with Crippen molar-refractivity contribution in [3.05, 3.63) is 59.2 Å². The van der Waals surface area contributed by atoms with Gasteiger partial charge in [-0.3, -0.25) is 0 Å². The van der Waals surface area contributed by atoms with E-state index in [0.717, 1.165) is 38.8 Å². The summed E-state index contributed by atoms with van der Waals surface area (Å²) in [6, 6.07) is 12.3. The molecule has 5 rings (SSSR count). The third-order valence-corrected chi connectivity index (χ3v) is 5.71. The SMILES string of the molecule is Cc1ccc(-c2csc3ncnc(Nc4ccc5c(c4)OCO5)c23)cc1C.Cl. The lowest BCUT2D eigenvalue weighted by Gasteiger charge is -2.10. The molecule has 0 spiro atoms. The summed E-state index contributed by atoms with van der Waals surface area (Å²) in [5.41, 5.74) is 5.77. The first-order valence-electron chi connectivity index (χ1n) is 8.65. The Bertz CT molecular complexity index is 1180. The smallest absolute Gasteiger partial charge is 0.231 e. The van der Waals surface area contributed by atoms with Gasteiger partial charge in [0.15, 0.2) is 11.5 Å². The predicted octanol–water partition coefficient (Wildman–Crippen LogP) is 5.87. The first kappa shape index (κ1) is 18.5. The quantitative estimate of drug-likeness (QED) is 0.457. The van der Waals surface area contributed by atoms with Crippen LogP contribution in [0.15, 0.2) is 48.1 Å². The van der Waals surface area contributed by atoms with Crippen LogP contribution >= 0.6 is 23.7 Å². The molecule has 4 aromatic rings. The average Bonchev–Trinajstić information content (AvgIpc) is 3.31. The van der Waals surface area contributed by atoms with Crippen molar-refractivity contribution in [3.63, 3.8) is 0 Å². The van der Waals surface area contributed by atoms with Crippen LogP contribution in [0, 0.1) is 13.8 Å². The molecule has 5 nitrogen and oxygen atoms in total. The van der Waals surface area contributed by atoms with Gasteiger partial charge in [-0.1, -0.05) is 18.2 Å². The van der Waals surface area contributed by atoms with Crippen LogP contribution in [0.2, 0.25) is 0 Å². The largest absolute Gasteiger partial charge is 0.454 e. The zero-order valence-electron chi connectivity index (χ0n) is 15.4. The number of anilines is 2. The van der Waals surface area contributed by atoms with E-state index in [-0.39, 0.29) is 19.2 Å². The molecule has 142 valence electrons. The summed E-state index contributed by atoms with van der Waals surface area (Å²) in [7, 11) is 0. The minimum atomic E-state index is 0. The van der Waals surface area contributed by atoms with Gasteiger partial charge in [0.05, 0.1) is 5.39 Å². The fraction of sp³-hybridized carbons (Fsp3) is 0.143. The van der Waals surface area contributed by atoms with E-state index in [4.69, 9.17) is 9.47 Å². The molecule has 1 aliphatic heterocycles. The number of rotatable bonds is 3. The summed E-state index contributed by atoms with van der Waals surface area (Å²) in [5, 5.41) is 6.60. The molecule has 1 aliphatic rings. The van der Waals surface area contributed by atoms with Gasteiger partial charge in [0.2, 0.25) is 6.79 Å². The molecule has 0 atom stereocenters. The molecule has 2 aromatic carbocycles. The molecular weight excluding hydrogens is 394 g/mol. The molecule has 0 bridgehead atoms. The van der Waals surface area contributed by atoms with Gasteiger partial charge in [0.1, 0.15) is 17.0 Å². The predicted molar refractivity (Wildman–Crippen MR) is 115 cm³/mol. The van der Waals surface area contributed by atoms with Gasteiger partial charge in [-0.25, -0.2) is 9.97 Å². The fourth-order valence-electron chi connectivity index (χ4n) is 3.20. The second kappa shape index (κ2) is 7.30. The van der Waals surface area contributed by atoms with Crippen molar-refractivity contribution < 1.29 is 9.47 Å². The van der Waals surface area contributed by atoms with E-state index in [1.54, 1.807) is 17.7 Å². The molecule has 0 aliphatic carbocycles. The Morgan fingerprint density at radius 1 is 0.964 bits per heavy atom. The molecule has 0 fully saturated rings. The number of ether oxygens (including phenoxy) is 2. The lowest BCUT2D eigenvalue weighted by atomic mass is 10.0. The Kier molecular flexibility index (Phi) is 4.83. The Labute approximate surface area is 172 Å². The molecular formula is C21H18ClN3O2S. The van der Waals surface area contributed by atoms with Gasteiger partial charge >= 0.3 is 0 Å². The van der Waals surface area contributed by atoms with E-state index in [0.29, 0.717) is 0 Å². The molecule has 0 unspecified atom stereocenters. The third kappa shape index (κ3) is 3.15. The lowest BCUT2D eigenvalue weighted by molar-refractivity contribution is 0.174. The number of fused-ring (bicyclic) bond motifs is 2. The zero-order valence-corrected chi connectivity index (χ0v) is 17.0. The van der Waals surface area contributed by atoms with Crippen LogP contribution in [-0.4, -0.2) is 16.8 Å². The second-order valence-corrected chi connectivity index (χ2v) is 7.40. The fourth-order valence-corrected chi connectivity index (χ4v) is 4.12. The van der Waals surface area contributed by atoms with Crippen LogP contribution in [0.25, 0.3) is 21.3 Å². The van der Waals surface area contributed by atoms with E-state index < -0.39 is 0 Å². The highest BCUT2D eigenvalue weighted by Crippen LogP contribution is 2.39. The van der Waals surface area contributed by atoms with Gasteiger partial charge in [-0.2, -0.15) is 0 Å². The lowest BCUT2D eigenvalue weighted by Crippen LogP contribution is -1.96. The standard InChI is InChI=1S/C21H17N3O2S.ClH/c1-12-3-4-14(7-13(12)2)16-9-27-21-19(16)20(22-10-23-21)24-15-5-6-17-18(8-15)26-11-25-17;/h3-10H,11H2,1-2H3,(H,22,23,24);1H. The summed E-state index contributed by atoms with van der Waals surface area (Å²) >= 11 is 1.63. The van der Waals surface area contributed by atoms with E-state index in [2.05, 4.69) is 52.7 Å². The normalized spacial score (nSPS) is 12.1. The summed E-state index contributed by atoms with van der Waals surface area (Å²) in [4.78, 5) is 9.92. The van der Waals surface area contributed by atoms with Crippen molar-refractivity contribution >= 4 is 45.5 Å². The number of halogens is 1. The van der Waals surface area contributed by atoms with Gasteiger partial charge in [0, 0.05) is 22.7 Å². The number of nitrogens with one attached hydrogen (secondary N) is 1. The maximum atomic E-state index is 5.47.